The Morgan fingerprint density at radius 2 is 1.89 bits per heavy atom. The number of hydrogen-bond donors (Lipinski definition) is 0. The molecule has 1 aliphatic rings. The molecule has 1 aromatic heterocycles. The summed E-state index contributed by atoms with van der Waals surface area (Å²) in [7, 11) is 0. The zero-order valence-electron chi connectivity index (χ0n) is 14.8. The minimum absolute atomic E-state index is 0.298. The van der Waals surface area contributed by atoms with E-state index >= 15 is 0 Å². The van der Waals surface area contributed by atoms with E-state index in [1.165, 1.54) is 18.5 Å². The van der Waals surface area contributed by atoms with Crippen LogP contribution < -0.4 is 0 Å². The molecule has 1 aliphatic heterocycles. The second-order valence-electron chi connectivity index (χ2n) is 6.28. The fourth-order valence-corrected chi connectivity index (χ4v) is 2.66. The van der Waals surface area contributed by atoms with Crippen molar-refractivity contribution in [3.63, 3.8) is 0 Å². The molecule has 0 N–H and O–H groups in total. The van der Waals surface area contributed by atoms with Crippen LogP contribution in [0.2, 0.25) is 0 Å². The van der Waals surface area contributed by atoms with Gasteiger partial charge in [-0.15, -0.1) is 6.58 Å². The molecule has 3 rings (SSSR count). The maximum Gasteiger partial charge on any atom is 0.222 e. The third-order valence-electron chi connectivity index (χ3n) is 4.15. The summed E-state index contributed by atoms with van der Waals surface area (Å²) in [6, 6.07) is 3.53. The summed E-state index contributed by atoms with van der Waals surface area (Å²) < 4.78 is 37.5. The first-order valence-corrected chi connectivity index (χ1v) is 8.79. The van der Waals surface area contributed by atoms with E-state index in [-0.39, 0.29) is 0 Å². The SMILES string of the molecule is C=CCCCC1COC(C#Cc2cnc(-c3ccc(F)c(F)c3)nc2)OC1. The number of unbranched alkanes of at least 4 members (excludes halogenated alkanes) is 1. The number of benzene rings is 1. The number of allylic oxidation sites excluding steroid dienone is 1. The molecule has 0 amide bonds. The van der Waals surface area contributed by atoms with E-state index in [4.69, 9.17) is 9.47 Å². The molecule has 140 valence electrons. The van der Waals surface area contributed by atoms with Crippen LogP contribution in [0.5, 0.6) is 0 Å². The lowest BCUT2D eigenvalue weighted by molar-refractivity contribution is -0.170. The van der Waals surface area contributed by atoms with Gasteiger partial charge in [0.25, 0.3) is 0 Å². The molecule has 0 radical (unpaired) electrons. The van der Waals surface area contributed by atoms with Gasteiger partial charge in [-0.25, -0.2) is 18.7 Å². The lowest BCUT2D eigenvalue weighted by atomic mass is 10.0. The van der Waals surface area contributed by atoms with E-state index in [2.05, 4.69) is 28.4 Å². The lowest BCUT2D eigenvalue weighted by Gasteiger charge is -2.26. The Labute approximate surface area is 157 Å². The molecule has 2 aromatic rings. The highest BCUT2D eigenvalue weighted by Crippen LogP contribution is 2.18. The number of nitrogens with zero attached hydrogens (tertiary/aromatic N) is 2. The quantitative estimate of drug-likeness (QED) is 0.451. The first kappa shape index (κ1) is 19.2. The van der Waals surface area contributed by atoms with Crippen LogP contribution in [0.15, 0.2) is 43.2 Å². The molecule has 2 heterocycles. The molecule has 1 aromatic carbocycles. The normalized spacial score (nSPS) is 19.2. The Balaban J connectivity index is 1.55. The van der Waals surface area contributed by atoms with Crippen LogP contribution in [-0.2, 0) is 9.47 Å². The first-order valence-electron chi connectivity index (χ1n) is 8.79. The van der Waals surface area contributed by atoms with Crippen molar-refractivity contribution in [3.05, 3.63) is 60.4 Å². The largest absolute Gasteiger partial charge is 0.342 e. The van der Waals surface area contributed by atoms with Gasteiger partial charge in [-0.1, -0.05) is 12.0 Å². The van der Waals surface area contributed by atoms with E-state index in [1.807, 2.05) is 6.08 Å². The summed E-state index contributed by atoms with van der Waals surface area (Å²) in [6.45, 7) is 4.97. The van der Waals surface area contributed by atoms with Crippen LogP contribution in [-0.4, -0.2) is 29.5 Å². The fourth-order valence-electron chi connectivity index (χ4n) is 2.66. The number of ether oxygens (including phenoxy) is 2. The molecule has 0 saturated carbocycles. The molecule has 27 heavy (non-hydrogen) atoms. The predicted molar refractivity (Wildman–Crippen MR) is 97.5 cm³/mol. The molecular weight excluding hydrogens is 350 g/mol. The van der Waals surface area contributed by atoms with Gasteiger partial charge in [0, 0.05) is 23.9 Å². The van der Waals surface area contributed by atoms with Gasteiger partial charge in [0.1, 0.15) is 0 Å². The monoisotopic (exact) mass is 370 g/mol. The van der Waals surface area contributed by atoms with Gasteiger partial charge in [-0.3, -0.25) is 0 Å². The average Bonchev–Trinajstić information content (AvgIpc) is 2.70. The zero-order chi connectivity index (χ0) is 19.1. The van der Waals surface area contributed by atoms with Crippen LogP contribution in [0.25, 0.3) is 11.4 Å². The second kappa shape index (κ2) is 9.36. The van der Waals surface area contributed by atoms with Crippen molar-refractivity contribution in [1.82, 2.24) is 9.97 Å². The van der Waals surface area contributed by atoms with Crippen molar-refractivity contribution in [2.45, 2.75) is 25.6 Å². The van der Waals surface area contributed by atoms with Crippen molar-refractivity contribution >= 4 is 0 Å². The van der Waals surface area contributed by atoms with Crippen LogP contribution in [0.1, 0.15) is 24.8 Å². The van der Waals surface area contributed by atoms with Crippen molar-refractivity contribution < 1.29 is 18.3 Å². The maximum absolute atomic E-state index is 13.3. The highest BCUT2D eigenvalue weighted by molar-refractivity contribution is 5.55. The van der Waals surface area contributed by atoms with Gasteiger partial charge in [0.05, 0.1) is 18.8 Å². The summed E-state index contributed by atoms with van der Waals surface area (Å²) in [6.07, 6.45) is 7.53. The van der Waals surface area contributed by atoms with Crippen LogP contribution >= 0.6 is 0 Å². The van der Waals surface area contributed by atoms with Crippen molar-refractivity contribution in [1.29, 1.82) is 0 Å². The Kier molecular flexibility index (Phi) is 6.64. The van der Waals surface area contributed by atoms with E-state index in [0.29, 0.717) is 36.1 Å². The van der Waals surface area contributed by atoms with Crippen LogP contribution in [0.4, 0.5) is 8.78 Å². The molecule has 1 saturated heterocycles. The highest BCUT2D eigenvalue weighted by Gasteiger charge is 2.20. The molecule has 0 bridgehead atoms. The summed E-state index contributed by atoms with van der Waals surface area (Å²) in [5, 5.41) is 0. The van der Waals surface area contributed by atoms with Gasteiger partial charge >= 0.3 is 0 Å². The Bertz CT molecular complexity index is 835. The molecule has 0 aliphatic carbocycles. The van der Waals surface area contributed by atoms with Gasteiger partial charge in [-0.2, -0.15) is 0 Å². The smallest absolute Gasteiger partial charge is 0.222 e. The number of halogens is 2. The molecular formula is C21H20F2N2O2. The molecule has 1 fully saturated rings. The van der Waals surface area contributed by atoms with Gasteiger partial charge in [0.2, 0.25) is 6.29 Å². The van der Waals surface area contributed by atoms with Crippen molar-refractivity contribution in [2.75, 3.05) is 13.2 Å². The number of rotatable bonds is 5. The van der Waals surface area contributed by atoms with E-state index in [9.17, 15) is 8.78 Å². The second-order valence-corrected chi connectivity index (χ2v) is 6.28. The topological polar surface area (TPSA) is 44.2 Å². The Morgan fingerprint density at radius 1 is 1.15 bits per heavy atom. The van der Waals surface area contributed by atoms with Crippen LogP contribution in [0.3, 0.4) is 0 Å². The Morgan fingerprint density at radius 3 is 2.56 bits per heavy atom. The van der Waals surface area contributed by atoms with Crippen molar-refractivity contribution in [2.24, 2.45) is 5.92 Å². The third kappa shape index (κ3) is 5.43. The summed E-state index contributed by atoms with van der Waals surface area (Å²) in [5.74, 6) is 4.66. The van der Waals surface area contributed by atoms with Gasteiger partial charge < -0.3 is 9.47 Å². The van der Waals surface area contributed by atoms with E-state index in [0.717, 1.165) is 31.4 Å². The standard InChI is InChI=1S/C21H20F2N2O2/c1-2-3-4-5-16-13-26-20(27-14-16)9-6-15-11-24-21(25-12-15)17-7-8-18(22)19(23)10-17/h2,7-8,10-12,16,20H,1,3-5,13-14H2. The molecule has 0 unspecified atom stereocenters. The molecule has 6 heteroatoms. The summed E-state index contributed by atoms with van der Waals surface area (Å²) >= 11 is 0. The zero-order valence-corrected chi connectivity index (χ0v) is 14.8. The highest BCUT2D eigenvalue weighted by atomic mass is 19.2. The average molecular weight is 370 g/mol. The van der Waals surface area contributed by atoms with Gasteiger partial charge in [-0.05, 0) is 43.4 Å². The van der Waals surface area contributed by atoms with Gasteiger partial charge in [0.15, 0.2) is 17.5 Å². The van der Waals surface area contributed by atoms with E-state index < -0.39 is 17.9 Å². The number of aromatic nitrogens is 2. The number of hydrogen-bond acceptors (Lipinski definition) is 4. The lowest BCUT2D eigenvalue weighted by Crippen LogP contribution is -2.31. The molecule has 4 nitrogen and oxygen atoms in total. The van der Waals surface area contributed by atoms with Crippen LogP contribution in [0, 0.1) is 29.4 Å². The third-order valence-corrected chi connectivity index (χ3v) is 4.15. The molecule has 0 spiro atoms. The Hall–Kier alpha value is -2.62. The predicted octanol–water partition coefficient (Wildman–Crippen LogP) is 4.12. The summed E-state index contributed by atoms with van der Waals surface area (Å²) in [5.41, 5.74) is 0.983. The summed E-state index contributed by atoms with van der Waals surface area (Å²) in [4.78, 5) is 8.29. The first-order chi connectivity index (χ1) is 13.2. The minimum Gasteiger partial charge on any atom is -0.342 e. The van der Waals surface area contributed by atoms with Crippen molar-refractivity contribution in [3.8, 4) is 23.2 Å². The van der Waals surface area contributed by atoms with E-state index in [1.54, 1.807) is 0 Å². The maximum atomic E-state index is 13.3. The fraction of sp³-hybridized carbons (Fsp3) is 0.333. The molecule has 0 atom stereocenters. The minimum atomic E-state index is -0.936.